The summed E-state index contributed by atoms with van der Waals surface area (Å²) in [5, 5.41) is 0. The molecule has 0 unspecified atom stereocenters. The van der Waals surface area contributed by atoms with Gasteiger partial charge in [-0.1, -0.05) is 6.92 Å². The second-order valence-corrected chi connectivity index (χ2v) is 6.04. The van der Waals surface area contributed by atoms with Gasteiger partial charge in [-0.15, -0.1) is 0 Å². The molecule has 0 aromatic carbocycles. The van der Waals surface area contributed by atoms with Crippen LogP contribution in [0.15, 0.2) is 0 Å². The highest BCUT2D eigenvalue weighted by molar-refractivity contribution is 5.68. The molecule has 0 aromatic heterocycles. The van der Waals surface area contributed by atoms with E-state index in [1.165, 1.54) is 0 Å². The summed E-state index contributed by atoms with van der Waals surface area (Å²) in [4.78, 5) is 13.6. The highest BCUT2D eigenvalue weighted by Gasteiger charge is 2.36. The Morgan fingerprint density at radius 3 is 2.32 bits per heavy atom. The van der Waals surface area contributed by atoms with Crippen LogP contribution < -0.4 is 0 Å². The lowest BCUT2D eigenvalue weighted by Crippen LogP contribution is -2.49. The van der Waals surface area contributed by atoms with Gasteiger partial charge in [0, 0.05) is 13.1 Å². The van der Waals surface area contributed by atoms with Crippen LogP contribution in [-0.2, 0) is 9.47 Å². The summed E-state index contributed by atoms with van der Waals surface area (Å²) in [5.74, 6) is 0. The summed E-state index contributed by atoms with van der Waals surface area (Å²) >= 11 is 0. The zero-order chi connectivity index (χ0) is 14.5. The fourth-order valence-corrected chi connectivity index (χ4v) is 2.28. The maximum atomic E-state index is 12.2. The van der Waals surface area contributed by atoms with Gasteiger partial charge in [0.2, 0.25) is 0 Å². The number of amides is 1. The Labute approximate surface area is 115 Å². The van der Waals surface area contributed by atoms with Gasteiger partial charge in [0.1, 0.15) is 12.3 Å². The van der Waals surface area contributed by atoms with Gasteiger partial charge < -0.3 is 14.4 Å². The fraction of sp³-hybridized carbons (Fsp3) is 0.929. The molecule has 0 saturated carbocycles. The Bertz CT molecular complexity index is 294. The molecule has 0 spiro atoms. The number of hydrogen-bond acceptors (Lipinski definition) is 3. The number of ether oxygens (including phenoxy) is 2. The monoisotopic (exact) mass is 275 g/mol. The summed E-state index contributed by atoms with van der Waals surface area (Å²) < 4.78 is 23.2. The third-order valence-electron chi connectivity index (χ3n) is 3.46. The molecule has 1 aliphatic rings. The predicted molar refractivity (Wildman–Crippen MR) is 72.0 cm³/mol. The standard InChI is InChI=1S/C14H26FNO3/c1-5-14(18-11-8-15)6-9-16(10-7-14)12(17)19-13(2,3)4/h5-11H2,1-4H3. The van der Waals surface area contributed by atoms with Gasteiger partial charge in [-0.3, -0.25) is 0 Å². The first-order valence-corrected chi connectivity index (χ1v) is 7.00. The molecule has 4 nitrogen and oxygen atoms in total. The van der Waals surface area contributed by atoms with E-state index in [0.717, 1.165) is 19.3 Å². The van der Waals surface area contributed by atoms with Crippen molar-refractivity contribution in [1.29, 1.82) is 0 Å². The van der Waals surface area contributed by atoms with Crippen molar-refractivity contribution in [1.82, 2.24) is 4.90 Å². The van der Waals surface area contributed by atoms with E-state index >= 15 is 0 Å². The lowest BCUT2D eigenvalue weighted by molar-refractivity contribution is -0.0895. The van der Waals surface area contributed by atoms with Crippen molar-refractivity contribution < 1.29 is 18.7 Å². The lowest BCUT2D eigenvalue weighted by Gasteiger charge is -2.41. The quantitative estimate of drug-likeness (QED) is 0.791. The largest absolute Gasteiger partial charge is 0.444 e. The number of carbonyl (C=O) groups is 1. The second-order valence-electron chi connectivity index (χ2n) is 6.04. The number of halogens is 1. The molecule has 1 saturated heterocycles. The van der Waals surface area contributed by atoms with Crippen LogP contribution >= 0.6 is 0 Å². The number of piperidine rings is 1. The number of carbonyl (C=O) groups excluding carboxylic acids is 1. The zero-order valence-electron chi connectivity index (χ0n) is 12.5. The third-order valence-corrected chi connectivity index (χ3v) is 3.46. The Morgan fingerprint density at radius 2 is 1.89 bits per heavy atom. The first-order valence-electron chi connectivity index (χ1n) is 7.00. The van der Waals surface area contributed by atoms with Crippen molar-refractivity contribution in [3.8, 4) is 0 Å². The molecule has 1 heterocycles. The summed E-state index contributed by atoms with van der Waals surface area (Å²) in [7, 11) is 0. The van der Waals surface area contributed by atoms with Crippen molar-refractivity contribution in [2.75, 3.05) is 26.4 Å². The first-order chi connectivity index (χ1) is 8.82. The van der Waals surface area contributed by atoms with E-state index in [2.05, 4.69) is 0 Å². The molecule has 0 aliphatic carbocycles. The highest BCUT2D eigenvalue weighted by Crippen LogP contribution is 2.30. The molecule has 112 valence electrons. The molecule has 5 heteroatoms. The van der Waals surface area contributed by atoms with E-state index in [0.29, 0.717) is 13.1 Å². The average molecular weight is 275 g/mol. The van der Waals surface area contributed by atoms with Crippen LogP contribution in [0.4, 0.5) is 9.18 Å². The smallest absolute Gasteiger partial charge is 0.410 e. The van der Waals surface area contributed by atoms with E-state index in [1.54, 1.807) is 4.90 Å². The first kappa shape index (κ1) is 16.2. The molecular formula is C14H26FNO3. The number of rotatable bonds is 4. The van der Waals surface area contributed by atoms with Crippen LogP contribution in [0.1, 0.15) is 47.0 Å². The van der Waals surface area contributed by atoms with Crippen molar-refractivity contribution in [3.63, 3.8) is 0 Å². The van der Waals surface area contributed by atoms with Gasteiger partial charge in [0.25, 0.3) is 0 Å². The van der Waals surface area contributed by atoms with Crippen molar-refractivity contribution in [3.05, 3.63) is 0 Å². The fourth-order valence-electron chi connectivity index (χ4n) is 2.28. The van der Waals surface area contributed by atoms with Crippen molar-refractivity contribution in [2.24, 2.45) is 0 Å². The van der Waals surface area contributed by atoms with Gasteiger partial charge in [0.05, 0.1) is 12.2 Å². The summed E-state index contributed by atoms with van der Waals surface area (Å²) in [6.07, 6.45) is 2.04. The van der Waals surface area contributed by atoms with Gasteiger partial charge >= 0.3 is 6.09 Å². The number of likely N-dealkylation sites (tertiary alicyclic amines) is 1. The average Bonchev–Trinajstić information content (AvgIpc) is 2.35. The Kier molecular flexibility index (Phi) is 5.59. The molecule has 0 radical (unpaired) electrons. The van der Waals surface area contributed by atoms with Crippen molar-refractivity contribution in [2.45, 2.75) is 58.2 Å². The van der Waals surface area contributed by atoms with Crippen LogP contribution in [0.25, 0.3) is 0 Å². The summed E-state index contributed by atoms with van der Waals surface area (Å²) in [6, 6.07) is 0. The van der Waals surface area contributed by atoms with Crippen LogP contribution in [0.2, 0.25) is 0 Å². The predicted octanol–water partition coefficient (Wildman–Crippen LogP) is 3.15. The van der Waals surface area contributed by atoms with E-state index < -0.39 is 12.3 Å². The minimum atomic E-state index is -0.471. The number of hydrogen-bond donors (Lipinski definition) is 0. The highest BCUT2D eigenvalue weighted by atomic mass is 19.1. The van der Waals surface area contributed by atoms with Crippen molar-refractivity contribution >= 4 is 6.09 Å². The normalized spacial score (nSPS) is 19.3. The van der Waals surface area contributed by atoms with Gasteiger partial charge in [-0.25, -0.2) is 9.18 Å². The Balaban J connectivity index is 2.49. The molecule has 0 aromatic rings. The molecule has 19 heavy (non-hydrogen) atoms. The molecule has 1 rings (SSSR count). The van der Waals surface area contributed by atoms with Crippen LogP contribution in [0.5, 0.6) is 0 Å². The SMILES string of the molecule is CCC1(OCCF)CCN(C(=O)OC(C)(C)C)CC1. The van der Waals surface area contributed by atoms with Crippen LogP contribution in [0, 0.1) is 0 Å². The van der Waals surface area contributed by atoms with Crippen LogP contribution in [-0.4, -0.2) is 48.6 Å². The Morgan fingerprint density at radius 1 is 1.32 bits per heavy atom. The topological polar surface area (TPSA) is 38.8 Å². The van der Waals surface area contributed by atoms with Gasteiger partial charge in [-0.05, 0) is 40.0 Å². The lowest BCUT2D eigenvalue weighted by atomic mass is 9.88. The third kappa shape index (κ3) is 4.97. The van der Waals surface area contributed by atoms with Gasteiger partial charge in [0.15, 0.2) is 0 Å². The van der Waals surface area contributed by atoms with E-state index in [-0.39, 0.29) is 18.3 Å². The minimum Gasteiger partial charge on any atom is -0.444 e. The molecule has 1 amide bonds. The summed E-state index contributed by atoms with van der Waals surface area (Å²) in [6.45, 7) is 8.50. The maximum Gasteiger partial charge on any atom is 0.410 e. The van der Waals surface area contributed by atoms with E-state index in [1.807, 2.05) is 27.7 Å². The molecule has 0 N–H and O–H groups in total. The van der Waals surface area contributed by atoms with E-state index in [9.17, 15) is 9.18 Å². The molecule has 0 atom stereocenters. The molecule has 1 aliphatic heterocycles. The van der Waals surface area contributed by atoms with Gasteiger partial charge in [-0.2, -0.15) is 0 Å². The molecular weight excluding hydrogens is 249 g/mol. The Hall–Kier alpha value is -0.840. The van der Waals surface area contributed by atoms with Crippen LogP contribution in [0.3, 0.4) is 0 Å². The second kappa shape index (κ2) is 6.55. The zero-order valence-corrected chi connectivity index (χ0v) is 12.5. The maximum absolute atomic E-state index is 12.2. The molecule has 1 fully saturated rings. The summed E-state index contributed by atoms with van der Waals surface area (Å²) in [5.41, 5.74) is -0.744. The molecule has 0 bridgehead atoms. The minimum absolute atomic E-state index is 0.139. The number of nitrogens with zero attached hydrogens (tertiary/aromatic N) is 1. The van der Waals surface area contributed by atoms with E-state index in [4.69, 9.17) is 9.47 Å². The number of alkyl halides is 1.